The van der Waals surface area contributed by atoms with Crippen LogP contribution in [0, 0.1) is 11.3 Å². The molecule has 0 spiro atoms. The number of benzene rings is 6. The van der Waals surface area contributed by atoms with Crippen LogP contribution in [0.5, 0.6) is 0 Å². The molecule has 8 rings (SSSR count). The molecule has 0 saturated heterocycles. The van der Waals surface area contributed by atoms with Gasteiger partial charge in [-0.3, -0.25) is 0 Å². The van der Waals surface area contributed by atoms with E-state index >= 15 is 26.3 Å². The van der Waals surface area contributed by atoms with Crippen molar-refractivity contribution < 1.29 is 26.3 Å². The topological polar surface area (TPSA) is 33.6 Å². The van der Waals surface area contributed by atoms with E-state index in [2.05, 4.69) is 32.6 Å². The number of hydrogen-bond acceptors (Lipinski definition) is 1. The molecule has 0 N–H and O–H groups in total. The molecule has 0 aliphatic carbocycles. The zero-order valence-electron chi connectivity index (χ0n) is 34.7. The molecule has 0 bridgehead atoms. The molecule has 3 nitrogen and oxygen atoms in total. The Kier molecular flexibility index (Phi) is 10.6. The maximum Gasteiger partial charge on any atom is 0.417 e. The summed E-state index contributed by atoms with van der Waals surface area (Å²) in [6.07, 6.45) is -3.52. The highest BCUT2D eigenvalue weighted by atomic mass is 19.4. The summed E-state index contributed by atoms with van der Waals surface area (Å²) in [5.74, 6) is 0. The number of rotatable bonds is 8. The molecule has 0 saturated carbocycles. The Labute approximate surface area is 355 Å². The maximum absolute atomic E-state index is 15.0. The Morgan fingerprint density at radius 1 is 0.645 bits per heavy atom. The SMILES string of the molecule is C=C(C)/C(=C\C)c1ccc2c(c1)c1ccccc1n2-c1cc(-c2c(C(F)(F)F)cccc2C(F)(F)F)cc(-n2c3ccccc3c3cc(C(/C=C\C)=C(\C)CC)ccc32)c1C#N. The average Bonchev–Trinajstić information content (AvgIpc) is 3.76. The van der Waals surface area contributed by atoms with Crippen LogP contribution < -0.4 is 0 Å². The van der Waals surface area contributed by atoms with E-state index in [1.54, 1.807) is 9.13 Å². The summed E-state index contributed by atoms with van der Waals surface area (Å²) in [5, 5.41) is 14.5. The summed E-state index contributed by atoms with van der Waals surface area (Å²) in [6, 6.07) is 33.6. The molecule has 62 heavy (non-hydrogen) atoms. The second kappa shape index (κ2) is 15.8. The first kappa shape index (κ1) is 41.7. The van der Waals surface area contributed by atoms with Crippen LogP contribution in [0.3, 0.4) is 0 Å². The van der Waals surface area contributed by atoms with E-state index in [4.69, 9.17) is 0 Å². The number of hydrogen-bond donors (Lipinski definition) is 0. The summed E-state index contributed by atoms with van der Waals surface area (Å²) in [6.45, 7) is 14.1. The number of allylic oxidation sites excluding steroid dienone is 7. The van der Waals surface area contributed by atoms with Gasteiger partial charge in [-0.05, 0) is 123 Å². The molecule has 8 aromatic rings. The van der Waals surface area contributed by atoms with Crippen molar-refractivity contribution in [3.63, 3.8) is 0 Å². The molecular weight excluding hydrogens is 793 g/mol. The fourth-order valence-corrected chi connectivity index (χ4v) is 8.86. The van der Waals surface area contributed by atoms with Gasteiger partial charge in [0.2, 0.25) is 0 Å². The number of nitrogens with zero attached hydrogens (tertiary/aromatic N) is 3. The molecular formula is C53H41F6N3. The highest BCUT2D eigenvalue weighted by Crippen LogP contribution is 2.48. The molecule has 0 unspecified atom stereocenters. The summed E-state index contributed by atoms with van der Waals surface area (Å²) < 4.78 is 93.6. The molecule has 0 fully saturated rings. The normalized spacial score (nSPS) is 13.2. The van der Waals surface area contributed by atoms with Gasteiger partial charge in [-0.15, -0.1) is 0 Å². The van der Waals surface area contributed by atoms with Crippen LogP contribution >= 0.6 is 0 Å². The van der Waals surface area contributed by atoms with Crippen molar-refractivity contribution in [1.82, 2.24) is 9.13 Å². The maximum atomic E-state index is 15.0. The third-order valence-corrected chi connectivity index (χ3v) is 11.7. The van der Waals surface area contributed by atoms with Crippen LogP contribution in [0.1, 0.15) is 68.9 Å². The Morgan fingerprint density at radius 2 is 1.13 bits per heavy atom. The van der Waals surface area contributed by atoms with Crippen molar-refractivity contribution in [2.45, 2.75) is 53.4 Å². The van der Waals surface area contributed by atoms with Gasteiger partial charge in [0.15, 0.2) is 0 Å². The van der Waals surface area contributed by atoms with Crippen LogP contribution in [0.4, 0.5) is 26.3 Å². The first-order valence-corrected chi connectivity index (χ1v) is 20.2. The first-order chi connectivity index (χ1) is 29.6. The molecule has 0 amide bonds. The standard InChI is InChI=1S/C53H41F6N3/c1-7-15-37(32(6)8-2)34-23-25-48-41(27-34)39-17-11-13-21-46(39)62(48)50-29-35(51-43(52(54,55)56)18-14-19-44(51)53(57,58)59)28-49(42(50)30-60)61-45-20-12-10-16-38(45)40-26-33(22-24-47(40)61)36(9-3)31(4)5/h7,9-29H,4,8H2,1-3,5-6H3/b15-7-,36-9+,37-32+. The molecule has 2 aromatic heterocycles. The number of aromatic nitrogens is 2. The van der Waals surface area contributed by atoms with Crippen molar-refractivity contribution in [2.24, 2.45) is 0 Å². The lowest BCUT2D eigenvalue weighted by molar-refractivity contribution is -0.142. The second-order valence-electron chi connectivity index (χ2n) is 15.4. The van der Waals surface area contributed by atoms with Crippen molar-refractivity contribution >= 4 is 54.8 Å². The van der Waals surface area contributed by atoms with Gasteiger partial charge in [0, 0.05) is 27.1 Å². The largest absolute Gasteiger partial charge is 0.417 e. The van der Waals surface area contributed by atoms with Crippen molar-refractivity contribution in [2.75, 3.05) is 0 Å². The van der Waals surface area contributed by atoms with Gasteiger partial charge in [-0.25, -0.2) is 0 Å². The van der Waals surface area contributed by atoms with E-state index in [-0.39, 0.29) is 22.5 Å². The summed E-state index contributed by atoms with van der Waals surface area (Å²) in [4.78, 5) is 0. The molecule has 6 aromatic carbocycles. The minimum atomic E-state index is -5.15. The van der Waals surface area contributed by atoms with Gasteiger partial charge >= 0.3 is 12.4 Å². The number of alkyl halides is 6. The third kappa shape index (κ3) is 6.90. The molecule has 0 radical (unpaired) electrons. The van der Waals surface area contributed by atoms with Gasteiger partial charge < -0.3 is 9.13 Å². The Morgan fingerprint density at radius 3 is 1.58 bits per heavy atom. The van der Waals surface area contributed by atoms with E-state index in [0.717, 1.165) is 61.9 Å². The van der Waals surface area contributed by atoms with Crippen LogP contribution in [0.15, 0.2) is 151 Å². The molecule has 0 aliphatic heterocycles. The van der Waals surface area contributed by atoms with E-state index in [9.17, 15) is 5.26 Å². The van der Waals surface area contributed by atoms with E-state index in [0.29, 0.717) is 34.2 Å². The fourth-order valence-electron chi connectivity index (χ4n) is 8.86. The first-order valence-electron chi connectivity index (χ1n) is 20.2. The summed E-state index contributed by atoms with van der Waals surface area (Å²) >= 11 is 0. The minimum Gasteiger partial charge on any atom is -0.308 e. The van der Waals surface area contributed by atoms with Gasteiger partial charge in [-0.1, -0.05) is 97.5 Å². The van der Waals surface area contributed by atoms with Crippen LogP contribution in [0.2, 0.25) is 0 Å². The number of halogens is 6. The summed E-state index contributed by atoms with van der Waals surface area (Å²) in [7, 11) is 0. The van der Waals surface area contributed by atoms with Crippen molar-refractivity contribution in [3.8, 4) is 28.6 Å². The number of para-hydroxylation sites is 2. The van der Waals surface area contributed by atoms with Gasteiger partial charge in [0.05, 0.1) is 44.6 Å². The predicted octanol–water partition coefficient (Wildman–Crippen LogP) is 16.2. The lowest BCUT2D eigenvalue weighted by Gasteiger charge is -2.22. The Balaban J connectivity index is 1.57. The zero-order valence-corrected chi connectivity index (χ0v) is 34.7. The van der Waals surface area contributed by atoms with Gasteiger partial charge in [-0.2, -0.15) is 31.6 Å². The van der Waals surface area contributed by atoms with E-state index < -0.39 is 29.0 Å². The van der Waals surface area contributed by atoms with Gasteiger partial charge in [0.25, 0.3) is 0 Å². The highest BCUT2D eigenvalue weighted by Gasteiger charge is 2.41. The third-order valence-electron chi connectivity index (χ3n) is 11.7. The average molecular weight is 834 g/mol. The van der Waals surface area contributed by atoms with Crippen LogP contribution in [-0.4, -0.2) is 9.13 Å². The number of fused-ring (bicyclic) bond motifs is 6. The number of nitriles is 1. The second-order valence-corrected chi connectivity index (χ2v) is 15.4. The zero-order chi connectivity index (χ0) is 44.2. The van der Waals surface area contributed by atoms with Crippen molar-refractivity contribution in [3.05, 3.63) is 179 Å². The van der Waals surface area contributed by atoms with E-state index in [1.807, 2.05) is 118 Å². The molecule has 0 atom stereocenters. The Bertz CT molecular complexity index is 3230. The smallest absolute Gasteiger partial charge is 0.308 e. The monoisotopic (exact) mass is 833 g/mol. The van der Waals surface area contributed by atoms with Gasteiger partial charge in [0.1, 0.15) is 11.6 Å². The molecule has 0 aliphatic rings. The molecule has 9 heteroatoms. The predicted molar refractivity (Wildman–Crippen MR) is 241 cm³/mol. The Hall–Kier alpha value is -7.05. The molecule has 2 heterocycles. The van der Waals surface area contributed by atoms with E-state index in [1.165, 1.54) is 17.7 Å². The quantitative estimate of drug-likeness (QED) is 0.111. The van der Waals surface area contributed by atoms with Crippen LogP contribution in [-0.2, 0) is 12.4 Å². The fraction of sp³-hybridized carbons (Fsp3) is 0.151. The lowest BCUT2D eigenvalue weighted by Crippen LogP contribution is -2.15. The van der Waals surface area contributed by atoms with Crippen LogP contribution in [0.25, 0.3) is 77.3 Å². The minimum absolute atomic E-state index is 0.0534. The summed E-state index contributed by atoms with van der Waals surface area (Å²) in [5.41, 5.74) is 4.28. The molecule has 310 valence electrons. The highest BCUT2D eigenvalue weighted by molar-refractivity contribution is 6.12. The van der Waals surface area contributed by atoms with Crippen molar-refractivity contribution in [1.29, 1.82) is 5.26 Å². The lowest BCUT2D eigenvalue weighted by atomic mass is 9.91.